The van der Waals surface area contributed by atoms with Crippen LogP contribution in [0, 0.1) is 0 Å². The van der Waals surface area contributed by atoms with Crippen molar-refractivity contribution in [1.82, 2.24) is 10.3 Å². The number of hydrazone groups is 1. The topological polar surface area (TPSA) is 61.8 Å². The van der Waals surface area contributed by atoms with E-state index in [2.05, 4.69) is 10.4 Å². The van der Waals surface area contributed by atoms with E-state index >= 15 is 0 Å². The number of carbonyl (C=O) groups excluding carboxylic acids is 2. The van der Waals surface area contributed by atoms with Crippen LogP contribution >= 0.6 is 11.8 Å². The Morgan fingerprint density at radius 2 is 2.20 bits per heavy atom. The van der Waals surface area contributed by atoms with Gasteiger partial charge in [0.25, 0.3) is 0 Å². The lowest BCUT2D eigenvalue weighted by Crippen LogP contribution is -2.27. The van der Waals surface area contributed by atoms with Gasteiger partial charge in [-0.05, 0) is 6.92 Å². The van der Waals surface area contributed by atoms with Crippen LogP contribution < -0.4 is 5.32 Å². The molecule has 0 saturated carbocycles. The number of allylic oxidation sites excluding steroid dienone is 1. The Morgan fingerprint density at radius 3 is 2.67 bits per heavy atom. The molecular weight excluding hydrogens is 214 g/mol. The maximum absolute atomic E-state index is 11.2. The van der Waals surface area contributed by atoms with E-state index in [0.29, 0.717) is 5.17 Å². The van der Waals surface area contributed by atoms with Crippen molar-refractivity contribution >= 4 is 28.7 Å². The molecule has 0 aromatic rings. The molecule has 0 spiro atoms. The summed E-state index contributed by atoms with van der Waals surface area (Å²) in [5.74, 6) is -0.336. The van der Waals surface area contributed by atoms with Gasteiger partial charge in [-0.25, -0.2) is 5.01 Å². The highest BCUT2D eigenvalue weighted by Gasteiger charge is 2.28. The van der Waals surface area contributed by atoms with Gasteiger partial charge in [-0.1, -0.05) is 23.9 Å². The lowest BCUT2D eigenvalue weighted by molar-refractivity contribution is -0.128. The summed E-state index contributed by atoms with van der Waals surface area (Å²) >= 11 is 1.34. The normalized spacial score (nSPS) is 20.6. The number of amidine groups is 1. The molecule has 1 heterocycles. The van der Waals surface area contributed by atoms with Gasteiger partial charge in [0.1, 0.15) is 5.37 Å². The second-order valence-electron chi connectivity index (χ2n) is 2.98. The Kier molecular flexibility index (Phi) is 3.90. The van der Waals surface area contributed by atoms with Crippen molar-refractivity contribution in [1.29, 1.82) is 0 Å². The Morgan fingerprint density at radius 1 is 1.53 bits per heavy atom. The summed E-state index contributed by atoms with van der Waals surface area (Å²) < 4.78 is 0. The summed E-state index contributed by atoms with van der Waals surface area (Å²) in [5, 5.41) is 8.21. The number of nitrogens with zero attached hydrogens (tertiary/aromatic N) is 2. The first kappa shape index (κ1) is 11.8. The van der Waals surface area contributed by atoms with Crippen molar-refractivity contribution in [3.63, 3.8) is 0 Å². The van der Waals surface area contributed by atoms with Crippen molar-refractivity contribution in [2.24, 2.45) is 5.10 Å². The fourth-order valence-electron chi connectivity index (χ4n) is 1.08. The molecule has 15 heavy (non-hydrogen) atoms. The van der Waals surface area contributed by atoms with Gasteiger partial charge >= 0.3 is 0 Å². The molecule has 0 aliphatic carbocycles. The molecule has 0 fully saturated rings. The summed E-state index contributed by atoms with van der Waals surface area (Å²) in [7, 11) is 0. The molecule has 0 bridgehead atoms. The third-order valence-electron chi connectivity index (χ3n) is 1.63. The second kappa shape index (κ2) is 4.97. The number of amides is 2. The standard InChI is InChI=1S/C9H13N3O2S/c1-4-5-8-12(7(3)14)11-9(15-8)10-6(2)13/h4-5,8H,1-3H3,(H,10,11,13)/b5-4+/t8-/m1/s1. The largest absolute Gasteiger partial charge is 0.304 e. The van der Waals surface area contributed by atoms with Gasteiger partial charge in [0.15, 0.2) is 5.17 Å². The first-order valence-electron chi connectivity index (χ1n) is 4.50. The van der Waals surface area contributed by atoms with E-state index in [-0.39, 0.29) is 17.2 Å². The van der Waals surface area contributed by atoms with Crippen LogP contribution in [0.1, 0.15) is 20.8 Å². The summed E-state index contributed by atoms with van der Waals surface area (Å²) in [6, 6.07) is 0. The third-order valence-corrected chi connectivity index (χ3v) is 2.64. The molecule has 0 saturated heterocycles. The Labute approximate surface area is 92.6 Å². The molecule has 0 aromatic carbocycles. The zero-order valence-corrected chi connectivity index (χ0v) is 9.67. The lowest BCUT2D eigenvalue weighted by atomic mass is 10.5. The van der Waals surface area contributed by atoms with E-state index in [1.807, 2.05) is 19.1 Å². The van der Waals surface area contributed by atoms with Crippen LogP contribution in [0.15, 0.2) is 17.3 Å². The molecule has 6 heteroatoms. The third kappa shape index (κ3) is 3.09. The molecule has 1 atom stereocenters. The predicted molar refractivity (Wildman–Crippen MR) is 60.0 cm³/mol. The van der Waals surface area contributed by atoms with Crippen molar-refractivity contribution < 1.29 is 9.59 Å². The molecule has 1 N–H and O–H groups in total. The second-order valence-corrected chi connectivity index (χ2v) is 4.09. The van der Waals surface area contributed by atoms with E-state index in [1.165, 1.54) is 30.6 Å². The number of nitrogens with one attached hydrogen (secondary N) is 1. The van der Waals surface area contributed by atoms with Crippen LogP contribution in [0.25, 0.3) is 0 Å². The molecule has 5 nitrogen and oxygen atoms in total. The Hall–Kier alpha value is -1.30. The highest BCUT2D eigenvalue weighted by Crippen LogP contribution is 2.25. The minimum absolute atomic E-state index is 0.147. The SMILES string of the molecule is C/C=C/[C@H]1SC(NC(C)=O)=NN1C(C)=O. The molecular formula is C9H13N3O2S. The quantitative estimate of drug-likeness (QED) is 0.677. The zero-order chi connectivity index (χ0) is 11.4. The van der Waals surface area contributed by atoms with E-state index in [1.54, 1.807) is 0 Å². The maximum atomic E-state index is 11.2. The molecule has 1 aliphatic heterocycles. The zero-order valence-electron chi connectivity index (χ0n) is 8.85. The number of rotatable bonds is 1. The number of hydrogen-bond donors (Lipinski definition) is 1. The smallest absolute Gasteiger partial charge is 0.241 e. The van der Waals surface area contributed by atoms with Crippen LogP contribution in [0.2, 0.25) is 0 Å². The van der Waals surface area contributed by atoms with Crippen LogP contribution in [0.5, 0.6) is 0 Å². The minimum atomic E-state index is -0.189. The van der Waals surface area contributed by atoms with Gasteiger partial charge in [0.2, 0.25) is 11.8 Å². The highest BCUT2D eigenvalue weighted by atomic mass is 32.2. The van der Waals surface area contributed by atoms with E-state index in [0.717, 1.165) is 0 Å². The molecule has 1 aliphatic rings. The number of hydrogen-bond acceptors (Lipinski definition) is 4. The van der Waals surface area contributed by atoms with E-state index < -0.39 is 0 Å². The fraction of sp³-hybridized carbons (Fsp3) is 0.444. The summed E-state index contributed by atoms with van der Waals surface area (Å²) in [6.45, 7) is 4.72. The average molecular weight is 227 g/mol. The van der Waals surface area contributed by atoms with Crippen LogP contribution in [-0.2, 0) is 9.59 Å². The number of carbonyl (C=O) groups is 2. The average Bonchev–Trinajstić information content (AvgIpc) is 2.47. The van der Waals surface area contributed by atoms with Crippen molar-refractivity contribution in [3.8, 4) is 0 Å². The van der Waals surface area contributed by atoms with Crippen LogP contribution in [0.3, 0.4) is 0 Å². The van der Waals surface area contributed by atoms with E-state index in [9.17, 15) is 9.59 Å². The Balaban J connectivity index is 2.76. The first-order valence-corrected chi connectivity index (χ1v) is 5.38. The van der Waals surface area contributed by atoms with E-state index in [4.69, 9.17) is 0 Å². The van der Waals surface area contributed by atoms with Crippen molar-refractivity contribution in [2.75, 3.05) is 0 Å². The molecule has 0 aromatic heterocycles. The highest BCUT2D eigenvalue weighted by molar-refractivity contribution is 8.14. The monoisotopic (exact) mass is 227 g/mol. The van der Waals surface area contributed by atoms with Gasteiger partial charge in [-0.15, -0.1) is 5.10 Å². The molecule has 1 rings (SSSR count). The summed E-state index contributed by atoms with van der Waals surface area (Å²) in [6.07, 6.45) is 3.70. The minimum Gasteiger partial charge on any atom is -0.304 e. The molecule has 82 valence electrons. The summed E-state index contributed by atoms with van der Waals surface area (Å²) in [5.41, 5.74) is 0. The van der Waals surface area contributed by atoms with Gasteiger partial charge in [0, 0.05) is 13.8 Å². The number of thioether (sulfide) groups is 1. The van der Waals surface area contributed by atoms with Gasteiger partial charge in [0.05, 0.1) is 0 Å². The molecule has 0 radical (unpaired) electrons. The van der Waals surface area contributed by atoms with Crippen LogP contribution in [0.4, 0.5) is 0 Å². The lowest BCUT2D eigenvalue weighted by Gasteiger charge is -2.14. The van der Waals surface area contributed by atoms with Crippen molar-refractivity contribution in [3.05, 3.63) is 12.2 Å². The Bertz CT molecular complexity index is 338. The summed E-state index contributed by atoms with van der Waals surface area (Å²) in [4.78, 5) is 22.0. The van der Waals surface area contributed by atoms with Gasteiger partial charge in [-0.3, -0.25) is 9.59 Å². The van der Waals surface area contributed by atoms with Gasteiger partial charge < -0.3 is 5.32 Å². The van der Waals surface area contributed by atoms with Gasteiger partial charge in [-0.2, -0.15) is 0 Å². The molecule has 0 unspecified atom stereocenters. The van der Waals surface area contributed by atoms with Crippen molar-refractivity contribution in [2.45, 2.75) is 26.1 Å². The predicted octanol–water partition coefficient (Wildman–Crippen LogP) is 0.891. The maximum Gasteiger partial charge on any atom is 0.241 e. The van der Waals surface area contributed by atoms with Crippen LogP contribution in [-0.4, -0.2) is 27.4 Å². The first-order chi connectivity index (χ1) is 7.04. The fourth-order valence-corrected chi connectivity index (χ4v) is 2.18. The molecule has 2 amide bonds.